The van der Waals surface area contributed by atoms with Gasteiger partial charge in [0.25, 0.3) is 0 Å². The molecule has 0 aliphatic rings. The maximum absolute atomic E-state index is 13.6. The Kier molecular flexibility index (Phi) is 2.40. The number of phenolic OH excluding ortho intramolecular Hbond substituents is 1. The standard InChI is InChI=1S/C10H9FN2O3/c1-15-5-2-6(10(11)7(14)3-5)8-4-9(12)13-16-8/h2-4,14H,1H3,(H2,12,13). The first kappa shape index (κ1) is 10.3. The molecular formula is C10H9FN2O3. The zero-order valence-corrected chi connectivity index (χ0v) is 8.40. The van der Waals surface area contributed by atoms with Gasteiger partial charge in [0.2, 0.25) is 0 Å². The number of nitrogens with two attached hydrogens (primary N) is 1. The minimum atomic E-state index is -0.808. The first-order chi connectivity index (χ1) is 7.61. The fourth-order valence-electron chi connectivity index (χ4n) is 1.30. The predicted molar refractivity (Wildman–Crippen MR) is 54.5 cm³/mol. The number of hydrogen-bond acceptors (Lipinski definition) is 5. The molecule has 0 bridgehead atoms. The van der Waals surface area contributed by atoms with E-state index in [2.05, 4.69) is 5.16 Å². The Labute approximate surface area is 90.2 Å². The van der Waals surface area contributed by atoms with Crippen LogP contribution in [-0.4, -0.2) is 17.4 Å². The van der Waals surface area contributed by atoms with E-state index in [0.29, 0.717) is 5.75 Å². The molecule has 2 aromatic rings. The predicted octanol–water partition coefficient (Wildman–Crippen LogP) is 1.78. The summed E-state index contributed by atoms with van der Waals surface area (Å²) in [6, 6.07) is 3.91. The van der Waals surface area contributed by atoms with E-state index in [0.717, 1.165) is 0 Å². The molecule has 0 saturated carbocycles. The van der Waals surface area contributed by atoms with Crippen LogP contribution in [0.5, 0.6) is 11.5 Å². The number of benzene rings is 1. The van der Waals surface area contributed by atoms with Crippen molar-refractivity contribution in [3.8, 4) is 22.8 Å². The van der Waals surface area contributed by atoms with Crippen LogP contribution < -0.4 is 10.5 Å². The molecule has 16 heavy (non-hydrogen) atoms. The lowest BCUT2D eigenvalue weighted by Crippen LogP contribution is -1.88. The van der Waals surface area contributed by atoms with Crippen molar-refractivity contribution in [2.75, 3.05) is 12.8 Å². The molecule has 0 aliphatic carbocycles. The van der Waals surface area contributed by atoms with Crippen LogP contribution in [0.4, 0.5) is 10.2 Å². The summed E-state index contributed by atoms with van der Waals surface area (Å²) in [5.41, 5.74) is 5.40. The zero-order chi connectivity index (χ0) is 11.7. The van der Waals surface area contributed by atoms with E-state index in [1.165, 1.54) is 25.3 Å². The Bertz CT molecular complexity index is 525. The minimum absolute atomic E-state index is 0.0426. The summed E-state index contributed by atoms with van der Waals surface area (Å²) in [4.78, 5) is 0. The number of methoxy groups -OCH3 is 1. The molecule has 0 aliphatic heterocycles. The van der Waals surface area contributed by atoms with Gasteiger partial charge in [0.15, 0.2) is 23.1 Å². The molecule has 84 valence electrons. The van der Waals surface area contributed by atoms with E-state index in [1.807, 2.05) is 0 Å². The molecule has 0 unspecified atom stereocenters. The van der Waals surface area contributed by atoms with Gasteiger partial charge in [0, 0.05) is 12.1 Å². The largest absolute Gasteiger partial charge is 0.505 e. The van der Waals surface area contributed by atoms with Crippen LogP contribution in [0.1, 0.15) is 0 Å². The van der Waals surface area contributed by atoms with Crippen LogP contribution in [-0.2, 0) is 0 Å². The fraction of sp³-hybridized carbons (Fsp3) is 0.100. The summed E-state index contributed by atoms with van der Waals surface area (Å²) < 4.78 is 23.3. The van der Waals surface area contributed by atoms with E-state index in [1.54, 1.807) is 0 Å². The van der Waals surface area contributed by atoms with Crippen LogP contribution in [0, 0.1) is 5.82 Å². The fourth-order valence-corrected chi connectivity index (χ4v) is 1.30. The first-order valence-corrected chi connectivity index (χ1v) is 4.41. The third-order valence-corrected chi connectivity index (χ3v) is 2.06. The van der Waals surface area contributed by atoms with Gasteiger partial charge in [-0.1, -0.05) is 5.16 Å². The van der Waals surface area contributed by atoms with E-state index >= 15 is 0 Å². The number of aromatic nitrogens is 1. The summed E-state index contributed by atoms with van der Waals surface area (Å²) in [5.74, 6) is -0.758. The second kappa shape index (κ2) is 3.73. The molecule has 3 N–H and O–H groups in total. The van der Waals surface area contributed by atoms with Gasteiger partial charge in [-0.25, -0.2) is 4.39 Å². The third-order valence-electron chi connectivity index (χ3n) is 2.06. The number of phenols is 1. The second-order valence-electron chi connectivity index (χ2n) is 3.12. The summed E-state index contributed by atoms with van der Waals surface area (Å²) in [7, 11) is 1.41. The number of halogens is 1. The average Bonchev–Trinajstić information content (AvgIpc) is 2.68. The molecule has 1 heterocycles. The first-order valence-electron chi connectivity index (χ1n) is 4.41. The number of nitrogen functional groups attached to an aromatic ring is 1. The highest BCUT2D eigenvalue weighted by molar-refractivity contribution is 5.65. The number of ether oxygens (including phenoxy) is 1. The summed E-state index contributed by atoms with van der Waals surface area (Å²) in [6.07, 6.45) is 0. The van der Waals surface area contributed by atoms with Gasteiger partial charge in [0.1, 0.15) is 5.75 Å². The number of anilines is 1. The van der Waals surface area contributed by atoms with Gasteiger partial charge < -0.3 is 20.1 Å². The maximum Gasteiger partial charge on any atom is 0.176 e. The second-order valence-corrected chi connectivity index (χ2v) is 3.12. The summed E-state index contributed by atoms with van der Waals surface area (Å²) in [6.45, 7) is 0. The Hall–Kier alpha value is -2.24. The average molecular weight is 224 g/mol. The Morgan fingerprint density at radius 3 is 2.75 bits per heavy atom. The highest BCUT2D eigenvalue weighted by Crippen LogP contribution is 2.33. The van der Waals surface area contributed by atoms with Gasteiger partial charge in [0.05, 0.1) is 12.7 Å². The molecule has 0 radical (unpaired) electrons. The Morgan fingerprint density at radius 2 is 2.19 bits per heavy atom. The van der Waals surface area contributed by atoms with Crippen molar-refractivity contribution >= 4 is 5.82 Å². The Balaban J connectivity index is 2.59. The van der Waals surface area contributed by atoms with Crippen molar-refractivity contribution in [3.63, 3.8) is 0 Å². The molecule has 0 saturated heterocycles. The quantitative estimate of drug-likeness (QED) is 0.812. The van der Waals surface area contributed by atoms with E-state index in [9.17, 15) is 9.50 Å². The van der Waals surface area contributed by atoms with E-state index in [-0.39, 0.29) is 17.1 Å². The molecule has 1 aromatic carbocycles. The molecule has 5 nitrogen and oxygen atoms in total. The van der Waals surface area contributed by atoms with Crippen molar-refractivity contribution in [3.05, 3.63) is 24.0 Å². The van der Waals surface area contributed by atoms with Gasteiger partial charge in [-0.15, -0.1) is 0 Å². The number of nitrogens with zero attached hydrogens (tertiary/aromatic N) is 1. The van der Waals surface area contributed by atoms with Gasteiger partial charge >= 0.3 is 0 Å². The molecule has 2 rings (SSSR count). The van der Waals surface area contributed by atoms with Crippen LogP contribution in [0.15, 0.2) is 22.7 Å². The van der Waals surface area contributed by atoms with E-state index in [4.69, 9.17) is 15.0 Å². The highest BCUT2D eigenvalue weighted by atomic mass is 19.1. The summed E-state index contributed by atoms with van der Waals surface area (Å²) >= 11 is 0. The highest BCUT2D eigenvalue weighted by Gasteiger charge is 2.16. The molecule has 0 amide bonds. The molecule has 6 heteroatoms. The topological polar surface area (TPSA) is 81.5 Å². The number of hydrogen-bond donors (Lipinski definition) is 2. The molecule has 0 spiro atoms. The lowest BCUT2D eigenvalue weighted by atomic mass is 10.1. The van der Waals surface area contributed by atoms with E-state index < -0.39 is 11.6 Å². The third kappa shape index (κ3) is 1.65. The van der Waals surface area contributed by atoms with Crippen molar-refractivity contribution in [2.24, 2.45) is 0 Å². The number of rotatable bonds is 2. The lowest BCUT2D eigenvalue weighted by Gasteiger charge is -2.05. The molecule has 0 atom stereocenters. The number of aromatic hydroxyl groups is 1. The van der Waals surface area contributed by atoms with Gasteiger partial charge in [-0.2, -0.15) is 0 Å². The normalized spacial score (nSPS) is 10.4. The molecule has 0 fully saturated rings. The smallest absolute Gasteiger partial charge is 0.176 e. The van der Waals surface area contributed by atoms with Crippen LogP contribution in [0.3, 0.4) is 0 Å². The van der Waals surface area contributed by atoms with Gasteiger partial charge in [-0.05, 0) is 6.07 Å². The molecule has 1 aromatic heterocycles. The van der Waals surface area contributed by atoms with Crippen LogP contribution in [0.25, 0.3) is 11.3 Å². The SMILES string of the molecule is COc1cc(O)c(F)c(-c2cc(N)no2)c1. The lowest BCUT2D eigenvalue weighted by molar-refractivity contribution is 0.394. The van der Waals surface area contributed by atoms with Crippen molar-refractivity contribution in [1.82, 2.24) is 5.16 Å². The van der Waals surface area contributed by atoms with Crippen molar-refractivity contribution < 1.29 is 18.8 Å². The van der Waals surface area contributed by atoms with Crippen LogP contribution >= 0.6 is 0 Å². The maximum atomic E-state index is 13.6. The summed E-state index contributed by atoms with van der Waals surface area (Å²) in [5, 5.41) is 12.8. The van der Waals surface area contributed by atoms with Gasteiger partial charge in [-0.3, -0.25) is 0 Å². The zero-order valence-electron chi connectivity index (χ0n) is 8.40. The molecular weight excluding hydrogens is 215 g/mol. The Morgan fingerprint density at radius 1 is 1.44 bits per heavy atom. The van der Waals surface area contributed by atoms with Crippen molar-refractivity contribution in [1.29, 1.82) is 0 Å². The monoisotopic (exact) mass is 224 g/mol. The minimum Gasteiger partial charge on any atom is -0.505 e. The van der Waals surface area contributed by atoms with Crippen LogP contribution in [0.2, 0.25) is 0 Å². The van der Waals surface area contributed by atoms with Crippen molar-refractivity contribution in [2.45, 2.75) is 0 Å².